The summed E-state index contributed by atoms with van der Waals surface area (Å²) < 4.78 is 40.6. The lowest BCUT2D eigenvalue weighted by Crippen LogP contribution is -2.17. The Bertz CT molecular complexity index is 1400. The van der Waals surface area contributed by atoms with Gasteiger partial charge in [-0.25, -0.2) is 0 Å². The lowest BCUT2D eigenvalue weighted by Gasteiger charge is -2.09. The molecule has 0 spiro atoms. The van der Waals surface area contributed by atoms with Crippen LogP contribution in [0.15, 0.2) is 66.7 Å². The highest BCUT2D eigenvalue weighted by Crippen LogP contribution is 2.23. The van der Waals surface area contributed by atoms with Crippen LogP contribution >= 0.6 is 11.3 Å². The molecule has 0 aliphatic rings. The van der Waals surface area contributed by atoms with Crippen LogP contribution in [-0.2, 0) is 35.3 Å². The molecule has 13 heteroatoms. The maximum Gasteiger partial charge on any atom is 0.573 e. The van der Waals surface area contributed by atoms with E-state index < -0.39 is 6.36 Å². The Morgan fingerprint density at radius 1 is 0.750 bits per heavy atom. The Morgan fingerprint density at radius 3 is 2.10 bits per heavy atom. The number of hydrogen-bond donors (Lipinski definition) is 2. The standard InChI is InChI=1S/C27H25F3N6O3S/c28-27(29,30)39-21-13-10-19(11-14-21)17-23(37)31-22-15-12-20(33-34-22)8-4-5-9-25-35-36-26(40-25)32-24(38)16-18-6-2-1-3-7-18/h1-3,6-7,10-15H,4-5,8-9,16-17H2,(H,31,34,37)(H,32,36,38). The summed E-state index contributed by atoms with van der Waals surface area (Å²) >= 11 is 1.36. The summed E-state index contributed by atoms with van der Waals surface area (Å²) in [6, 6.07) is 18.0. The minimum Gasteiger partial charge on any atom is -0.406 e. The van der Waals surface area contributed by atoms with Gasteiger partial charge in [-0.1, -0.05) is 53.8 Å². The highest BCUT2D eigenvalue weighted by Gasteiger charge is 2.31. The Kier molecular flexibility index (Phi) is 9.73. The summed E-state index contributed by atoms with van der Waals surface area (Å²) in [6.07, 6.45) is -1.44. The SMILES string of the molecule is O=C(Cc1ccc(OC(F)(F)F)cc1)Nc1ccc(CCCCc2nnc(NC(=O)Cc3ccccc3)s2)nn1. The number of rotatable bonds is 12. The first-order valence-electron chi connectivity index (χ1n) is 12.4. The fourth-order valence-corrected chi connectivity index (χ4v) is 4.47. The molecule has 40 heavy (non-hydrogen) atoms. The molecule has 0 saturated heterocycles. The van der Waals surface area contributed by atoms with E-state index in [1.54, 1.807) is 12.1 Å². The van der Waals surface area contributed by atoms with E-state index in [0.717, 1.165) is 47.7 Å². The van der Waals surface area contributed by atoms with Crippen molar-refractivity contribution in [3.63, 3.8) is 0 Å². The largest absolute Gasteiger partial charge is 0.573 e. The molecule has 2 aromatic heterocycles. The first kappa shape index (κ1) is 28.6. The van der Waals surface area contributed by atoms with Gasteiger partial charge < -0.3 is 15.4 Å². The number of halogens is 3. The predicted molar refractivity (Wildman–Crippen MR) is 143 cm³/mol. The van der Waals surface area contributed by atoms with Crippen molar-refractivity contribution in [3.8, 4) is 5.75 Å². The summed E-state index contributed by atoms with van der Waals surface area (Å²) in [5.74, 6) is -0.587. The summed E-state index contributed by atoms with van der Waals surface area (Å²) in [7, 11) is 0. The average molecular weight is 571 g/mol. The highest BCUT2D eigenvalue weighted by atomic mass is 32.1. The van der Waals surface area contributed by atoms with E-state index in [4.69, 9.17) is 0 Å². The quantitative estimate of drug-likeness (QED) is 0.226. The second-order valence-corrected chi connectivity index (χ2v) is 9.81. The molecule has 4 aromatic rings. The number of unbranched alkanes of at least 4 members (excludes halogenated alkanes) is 1. The van der Waals surface area contributed by atoms with E-state index >= 15 is 0 Å². The van der Waals surface area contributed by atoms with Crippen molar-refractivity contribution < 1.29 is 27.5 Å². The number of ether oxygens (including phenoxy) is 1. The first-order valence-corrected chi connectivity index (χ1v) is 13.2. The van der Waals surface area contributed by atoms with Crippen molar-refractivity contribution in [1.82, 2.24) is 20.4 Å². The van der Waals surface area contributed by atoms with E-state index in [0.29, 0.717) is 17.1 Å². The molecule has 208 valence electrons. The van der Waals surface area contributed by atoms with Crippen molar-refractivity contribution in [3.05, 3.63) is 88.6 Å². The van der Waals surface area contributed by atoms with Crippen LogP contribution in [0, 0.1) is 0 Å². The molecule has 0 unspecified atom stereocenters. The summed E-state index contributed by atoms with van der Waals surface area (Å²) in [4.78, 5) is 24.4. The molecule has 0 aliphatic carbocycles. The smallest absolute Gasteiger partial charge is 0.406 e. The topological polar surface area (TPSA) is 119 Å². The number of amides is 2. The Morgan fingerprint density at radius 2 is 1.43 bits per heavy atom. The van der Waals surface area contributed by atoms with Crippen molar-refractivity contribution in [2.24, 2.45) is 0 Å². The minimum absolute atomic E-state index is 0.0419. The van der Waals surface area contributed by atoms with Gasteiger partial charge in [0, 0.05) is 6.42 Å². The second kappa shape index (κ2) is 13.6. The molecule has 2 aromatic carbocycles. The minimum atomic E-state index is -4.77. The first-order chi connectivity index (χ1) is 19.2. The molecule has 0 saturated carbocycles. The van der Waals surface area contributed by atoms with Crippen molar-refractivity contribution in [2.75, 3.05) is 10.6 Å². The molecule has 0 atom stereocenters. The van der Waals surface area contributed by atoms with Crippen LogP contribution in [0.25, 0.3) is 0 Å². The summed E-state index contributed by atoms with van der Waals surface area (Å²) in [5, 5.41) is 23.1. The molecule has 4 rings (SSSR count). The fraction of sp³-hybridized carbons (Fsp3) is 0.259. The third-order valence-electron chi connectivity index (χ3n) is 5.50. The van der Waals surface area contributed by atoms with Gasteiger partial charge in [0.25, 0.3) is 0 Å². The van der Waals surface area contributed by atoms with Crippen LogP contribution < -0.4 is 15.4 Å². The van der Waals surface area contributed by atoms with Crippen LogP contribution in [0.5, 0.6) is 5.75 Å². The van der Waals surface area contributed by atoms with Gasteiger partial charge in [0.15, 0.2) is 5.82 Å². The molecule has 0 bridgehead atoms. The van der Waals surface area contributed by atoms with E-state index in [2.05, 4.69) is 35.8 Å². The average Bonchev–Trinajstić information content (AvgIpc) is 3.35. The van der Waals surface area contributed by atoms with Gasteiger partial charge in [-0.05, 0) is 54.7 Å². The number of nitrogens with one attached hydrogen (secondary N) is 2. The van der Waals surface area contributed by atoms with Crippen molar-refractivity contribution >= 4 is 34.1 Å². The maximum atomic E-state index is 12.3. The number of benzene rings is 2. The van der Waals surface area contributed by atoms with Crippen LogP contribution in [-0.4, -0.2) is 38.6 Å². The normalized spacial score (nSPS) is 11.2. The molecular weight excluding hydrogens is 545 g/mol. The van der Waals surface area contributed by atoms with Gasteiger partial charge in [0.1, 0.15) is 10.8 Å². The lowest BCUT2D eigenvalue weighted by atomic mass is 10.1. The highest BCUT2D eigenvalue weighted by molar-refractivity contribution is 7.15. The Labute approximate surface area is 231 Å². The van der Waals surface area contributed by atoms with Gasteiger partial charge in [0.2, 0.25) is 16.9 Å². The molecule has 0 aliphatic heterocycles. The number of alkyl halides is 3. The van der Waals surface area contributed by atoms with Crippen molar-refractivity contribution in [2.45, 2.75) is 44.9 Å². The number of carbonyl (C=O) groups excluding carboxylic acids is 2. The van der Waals surface area contributed by atoms with E-state index in [-0.39, 0.29) is 36.2 Å². The second-order valence-electron chi connectivity index (χ2n) is 8.75. The zero-order chi connectivity index (χ0) is 28.4. The monoisotopic (exact) mass is 570 g/mol. The zero-order valence-electron chi connectivity index (χ0n) is 21.1. The van der Waals surface area contributed by atoms with E-state index in [1.807, 2.05) is 30.3 Å². The van der Waals surface area contributed by atoms with E-state index in [1.165, 1.54) is 23.5 Å². The molecule has 9 nitrogen and oxygen atoms in total. The maximum absolute atomic E-state index is 12.3. The van der Waals surface area contributed by atoms with E-state index in [9.17, 15) is 22.8 Å². The molecule has 0 radical (unpaired) electrons. The van der Waals surface area contributed by atoms with Gasteiger partial charge in [-0.15, -0.1) is 28.5 Å². The number of aromatic nitrogens is 4. The van der Waals surface area contributed by atoms with Crippen LogP contribution in [0.4, 0.5) is 24.1 Å². The zero-order valence-corrected chi connectivity index (χ0v) is 22.0. The Hall–Kier alpha value is -4.39. The number of anilines is 2. The Balaban J connectivity index is 1.14. The third-order valence-corrected chi connectivity index (χ3v) is 6.40. The van der Waals surface area contributed by atoms with Crippen LogP contribution in [0.2, 0.25) is 0 Å². The predicted octanol–water partition coefficient (Wildman–Crippen LogP) is 5.15. The van der Waals surface area contributed by atoms with Crippen molar-refractivity contribution in [1.29, 1.82) is 0 Å². The molecular formula is C27H25F3N6O3S. The van der Waals surface area contributed by atoms with Gasteiger partial charge in [0.05, 0.1) is 18.5 Å². The summed E-state index contributed by atoms with van der Waals surface area (Å²) in [6.45, 7) is 0. The number of carbonyl (C=O) groups is 2. The molecule has 2 N–H and O–H groups in total. The van der Waals surface area contributed by atoms with Crippen LogP contribution in [0.1, 0.15) is 34.7 Å². The molecule has 2 amide bonds. The lowest BCUT2D eigenvalue weighted by molar-refractivity contribution is -0.274. The van der Waals surface area contributed by atoms with Gasteiger partial charge in [-0.2, -0.15) is 5.10 Å². The van der Waals surface area contributed by atoms with Gasteiger partial charge in [-0.3, -0.25) is 9.59 Å². The van der Waals surface area contributed by atoms with Gasteiger partial charge >= 0.3 is 6.36 Å². The number of hydrogen-bond acceptors (Lipinski definition) is 8. The fourth-order valence-electron chi connectivity index (χ4n) is 3.67. The number of aryl methyl sites for hydroxylation is 2. The number of nitrogens with zero attached hydrogens (tertiary/aromatic N) is 4. The van der Waals surface area contributed by atoms with Crippen LogP contribution in [0.3, 0.4) is 0 Å². The third kappa shape index (κ3) is 9.73. The summed E-state index contributed by atoms with van der Waals surface area (Å²) in [5.41, 5.74) is 2.22. The molecule has 2 heterocycles. The molecule has 0 fully saturated rings.